The highest BCUT2D eigenvalue weighted by Crippen LogP contribution is 2.37. The molecule has 110 valence electrons. The number of nitrogens with two attached hydrogens (primary N) is 1. The SMILES string of the molecule is COC(=O)c1ccc(N)c(N(Cc2cccs2)C2CC2)c1. The van der Waals surface area contributed by atoms with Gasteiger partial charge in [-0.1, -0.05) is 6.07 Å². The topological polar surface area (TPSA) is 55.6 Å². The number of hydrogen-bond acceptors (Lipinski definition) is 5. The molecule has 3 rings (SSSR count). The predicted molar refractivity (Wildman–Crippen MR) is 85.7 cm³/mol. The Labute approximate surface area is 128 Å². The van der Waals surface area contributed by atoms with Gasteiger partial charge in [-0.15, -0.1) is 11.3 Å². The van der Waals surface area contributed by atoms with Gasteiger partial charge in [-0.3, -0.25) is 0 Å². The standard InChI is InChI=1S/C16H18N2O2S/c1-20-16(19)11-4-7-14(17)15(9-11)18(12-5-6-12)10-13-3-2-8-21-13/h2-4,7-9,12H,5-6,10,17H2,1H3. The van der Waals surface area contributed by atoms with E-state index < -0.39 is 0 Å². The number of nitrogens with zero attached hydrogens (tertiary/aromatic N) is 1. The van der Waals surface area contributed by atoms with E-state index >= 15 is 0 Å². The Bertz CT molecular complexity index is 636. The van der Waals surface area contributed by atoms with Crippen LogP contribution in [0.15, 0.2) is 35.7 Å². The monoisotopic (exact) mass is 302 g/mol. The first kappa shape index (κ1) is 13.9. The summed E-state index contributed by atoms with van der Waals surface area (Å²) in [6, 6.07) is 10.0. The molecule has 0 atom stereocenters. The van der Waals surface area contributed by atoms with Gasteiger partial charge in [0.05, 0.1) is 30.6 Å². The molecule has 5 heteroatoms. The van der Waals surface area contributed by atoms with E-state index in [2.05, 4.69) is 22.4 Å². The van der Waals surface area contributed by atoms with Gasteiger partial charge in [0.25, 0.3) is 0 Å². The number of nitrogen functional groups attached to an aromatic ring is 1. The van der Waals surface area contributed by atoms with Crippen LogP contribution in [0.5, 0.6) is 0 Å². The van der Waals surface area contributed by atoms with Crippen LogP contribution in [0.3, 0.4) is 0 Å². The van der Waals surface area contributed by atoms with Gasteiger partial charge in [-0.2, -0.15) is 0 Å². The highest BCUT2D eigenvalue weighted by Gasteiger charge is 2.31. The van der Waals surface area contributed by atoms with Crippen molar-refractivity contribution in [2.45, 2.75) is 25.4 Å². The van der Waals surface area contributed by atoms with Crippen LogP contribution in [0.4, 0.5) is 11.4 Å². The summed E-state index contributed by atoms with van der Waals surface area (Å²) in [6.45, 7) is 0.831. The van der Waals surface area contributed by atoms with Crippen LogP contribution in [0.2, 0.25) is 0 Å². The molecule has 21 heavy (non-hydrogen) atoms. The molecule has 4 nitrogen and oxygen atoms in total. The van der Waals surface area contributed by atoms with E-state index in [-0.39, 0.29) is 5.97 Å². The molecule has 0 aliphatic heterocycles. The second kappa shape index (κ2) is 5.77. The normalized spacial score (nSPS) is 14.0. The number of hydrogen-bond donors (Lipinski definition) is 1. The molecule has 1 aromatic carbocycles. The smallest absolute Gasteiger partial charge is 0.337 e. The molecule has 2 N–H and O–H groups in total. The van der Waals surface area contributed by atoms with Crippen molar-refractivity contribution in [1.29, 1.82) is 0 Å². The van der Waals surface area contributed by atoms with Gasteiger partial charge >= 0.3 is 5.97 Å². The first-order chi connectivity index (χ1) is 10.2. The molecule has 0 bridgehead atoms. The van der Waals surface area contributed by atoms with Crippen molar-refractivity contribution in [3.8, 4) is 0 Å². The Morgan fingerprint density at radius 3 is 2.86 bits per heavy atom. The van der Waals surface area contributed by atoms with Crippen molar-refractivity contribution in [3.05, 3.63) is 46.2 Å². The van der Waals surface area contributed by atoms with E-state index in [1.807, 2.05) is 6.07 Å². The minimum atomic E-state index is -0.330. The van der Waals surface area contributed by atoms with Crippen molar-refractivity contribution in [2.24, 2.45) is 0 Å². The molecule has 0 spiro atoms. The van der Waals surface area contributed by atoms with Crippen molar-refractivity contribution < 1.29 is 9.53 Å². The minimum Gasteiger partial charge on any atom is -0.465 e. The number of rotatable bonds is 5. The van der Waals surface area contributed by atoms with E-state index in [1.165, 1.54) is 24.8 Å². The molecule has 0 saturated heterocycles. The summed E-state index contributed by atoms with van der Waals surface area (Å²) >= 11 is 1.74. The second-order valence-corrected chi connectivity index (χ2v) is 6.24. The van der Waals surface area contributed by atoms with Gasteiger partial charge < -0.3 is 15.4 Å². The fourth-order valence-corrected chi connectivity index (χ4v) is 3.11. The van der Waals surface area contributed by atoms with Gasteiger partial charge in [0.1, 0.15) is 0 Å². The Morgan fingerprint density at radius 2 is 2.24 bits per heavy atom. The zero-order chi connectivity index (χ0) is 14.8. The Balaban J connectivity index is 1.93. The van der Waals surface area contributed by atoms with Gasteiger partial charge in [0, 0.05) is 10.9 Å². The summed E-state index contributed by atoms with van der Waals surface area (Å²) in [5.41, 5.74) is 8.30. The lowest BCUT2D eigenvalue weighted by molar-refractivity contribution is 0.0601. The summed E-state index contributed by atoms with van der Waals surface area (Å²) in [7, 11) is 1.39. The minimum absolute atomic E-state index is 0.330. The number of thiophene rings is 1. The molecule has 1 fully saturated rings. The summed E-state index contributed by atoms with van der Waals surface area (Å²) in [4.78, 5) is 15.3. The van der Waals surface area contributed by atoms with E-state index in [4.69, 9.17) is 10.5 Å². The maximum atomic E-state index is 11.7. The fourth-order valence-electron chi connectivity index (χ4n) is 2.40. The lowest BCUT2D eigenvalue weighted by Gasteiger charge is -2.26. The van der Waals surface area contributed by atoms with Crippen LogP contribution in [0, 0.1) is 0 Å². The first-order valence-corrected chi connectivity index (χ1v) is 7.84. The number of anilines is 2. The molecule has 1 heterocycles. The number of methoxy groups -OCH3 is 1. The molecule has 1 aliphatic carbocycles. The molecule has 0 amide bonds. The predicted octanol–water partition coefficient (Wildman–Crippen LogP) is 3.29. The van der Waals surface area contributed by atoms with Crippen molar-refractivity contribution in [2.75, 3.05) is 17.7 Å². The average Bonchev–Trinajstić information content (AvgIpc) is 3.21. The summed E-state index contributed by atoms with van der Waals surface area (Å²) in [5.74, 6) is -0.330. The molecule has 2 aromatic rings. The highest BCUT2D eigenvalue weighted by molar-refractivity contribution is 7.09. The number of carbonyl (C=O) groups is 1. The highest BCUT2D eigenvalue weighted by atomic mass is 32.1. The van der Waals surface area contributed by atoms with E-state index in [0.717, 1.165) is 12.2 Å². The molecule has 1 aromatic heterocycles. The van der Waals surface area contributed by atoms with E-state index in [9.17, 15) is 4.79 Å². The molecule has 0 unspecified atom stereocenters. The van der Waals surface area contributed by atoms with Crippen LogP contribution in [-0.2, 0) is 11.3 Å². The largest absolute Gasteiger partial charge is 0.465 e. The molecule has 0 radical (unpaired) electrons. The van der Waals surface area contributed by atoms with Crippen molar-refractivity contribution in [3.63, 3.8) is 0 Å². The lowest BCUT2D eigenvalue weighted by Crippen LogP contribution is -2.25. The first-order valence-electron chi connectivity index (χ1n) is 6.96. The quantitative estimate of drug-likeness (QED) is 0.680. The zero-order valence-electron chi connectivity index (χ0n) is 11.9. The Kier molecular flexibility index (Phi) is 3.84. The van der Waals surface area contributed by atoms with Crippen LogP contribution >= 0.6 is 11.3 Å². The lowest BCUT2D eigenvalue weighted by atomic mass is 10.1. The summed E-state index contributed by atoms with van der Waals surface area (Å²) < 4.78 is 4.80. The van der Waals surface area contributed by atoms with Crippen LogP contribution < -0.4 is 10.6 Å². The van der Waals surface area contributed by atoms with Crippen LogP contribution in [0.1, 0.15) is 28.1 Å². The molecule has 1 aliphatic rings. The maximum Gasteiger partial charge on any atom is 0.337 e. The van der Waals surface area contributed by atoms with Crippen LogP contribution in [-0.4, -0.2) is 19.1 Å². The Morgan fingerprint density at radius 1 is 1.43 bits per heavy atom. The van der Waals surface area contributed by atoms with Gasteiger partial charge in [-0.05, 0) is 42.5 Å². The third-order valence-corrected chi connectivity index (χ3v) is 4.52. The molecular formula is C16H18N2O2S. The summed E-state index contributed by atoms with van der Waals surface area (Å²) in [6.07, 6.45) is 2.35. The van der Waals surface area contributed by atoms with Gasteiger partial charge in [-0.25, -0.2) is 4.79 Å². The number of esters is 1. The number of carbonyl (C=O) groups excluding carboxylic acids is 1. The number of ether oxygens (including phenoxy) is 1. The van der Waals surface area contributed by atoms with E-state index in [1.54, 1.807) is 23.5 Å². The summed E-state index contributed by atoms with van der Waals surface area (Å²) in [5, 5.41) is 2.08. The van der Waals surface area contributed by atoms with Crippen LogP contribution in [0.25, 0.3) is 0 Å². The molecule has 1 saturated carbocycles. The van der Waals surface area contributed by atoms with Crippen molar-refractivity contribution in [1.82, 2.24) is 0 Å². The van der Waals surface area contributed by atoms with E-state index in [0.29, 0.717) is 17.3 Å². The Hall–Kier alpha value is -2.01. The van der Waals surface area contributed by atoms with Crippen molar-refractivity contribution >= 4 is 28.7 Å². The second-order valence-electron chi connectivity index (χ2n) is 5.20. The third kappa shape index (κ3) is 3.03. The zero-order valence-corrected chi connectivity index (χ0v) is 12.7. The average molecular weight is 302 g/mol. The third-order valence-electron chi connectivity index (χ3n) is 3.65. The van der Waals surface area contributed by atoms with Gasteiger partial charge in [0.2, 0.25) is 0 Å². The number of benzene rings is 1. The molecular weight excluding hydrogens is 284 g/mol. The maximum absolute atomic E-state index is 11.7. The van der Waals surface area contributed by atoms with Gasteiger partial charge in [0.15, 0.2) is 0 Å². The fraction of sp³-hybridized carbons (Fsp3) is 0.312.